The number of nitrogens with zero attached hydrogens (tertiary/aromatic N) is 2. The van der Waals surface area contributed by atoms with Gasteiger partial charge in [-0.3, -0.25) is 4.79 Å². The van der Waals surface area contributed by atoms with Gasteiger partial charge in [-0.1, -0.05) is 24.3 Å². The smallest absolute Gasteiger partial charge is 0.255 e. The van der Waals surface area contributed by atoms with Gasteiger partial charge in [-0.25, -0.2) is 0 Å². The first-order valence-corrected chi connectivity index (χ1v) is 8.29. The van der Waals surface area contributed by atoms with E-state index in [4.69, 9.17) is 4.74 Å². The van der Waals surface area contributed by atoms with Crippen molar-refractivity contribution in [2.45, 2.75) is 6.04 Å². The average molecular weight is 341 g/mol. The quantitative estimate of drug-likeness (QED) is 0.841. The van der Waals surface area contributed by atoms with Crippen molar-refractivity contribution in [2.75, 3.05) is 46.7 Å². The lowest BCUT2D eigenvalue weighted by Crippen LogP contribution is -2.34. The van der Waals surface area contributed by atoms with Crippen LogP contribution in [0.5, 0.6) is 5.75 Å². The fourth-order valence-electron chi connectivity index (χ4n) is 2.71. The molecule has 0 aromatic heterocycles. The standard InChI is InChI=1S/C20H27N3O2/c1-22(2)16-12-10-15(11-13-16)18(23(3)4)14-21-20(24)17-8-6-7-9-19(17)25-5/h6-13,18H,14H2,1-5H3,(H,21,24)/t18-/m1/s1. The van der Waals surface area contributed by atoms with Crippen LogP contribution in [0.1, 0.15) is 22.0 Å². The van der Waals surface area contributed by atoms with Gasteiger partial charge in [0.25, 0.3) is 5.91 Å². The van der Waals surface area contributed by atoms with Crippen molar-refractivity contribution in [3.8, 4) is 5.75 Å². The molecule has 1 atom stereocenters. The summed E-state index contributed by atoms with van der Waals surface area (Å²) in [7, 11) is 9.64. The molecule has 0 saturated carbocycles. The molecular weight excluding hydrogens is 314 g/mol. The van der Waals surface area contributed by atoms with Gasteiger partial charge in [-0.2, -0.15) is 0 Å². The van der Waals surface area contributed by atoms with Crippen molar-refractivity contribution in [2.24, 2.45) is 0 Å². The lowest BCUT2D eigenvalue weighted by molar-refractivity contribution is 0.0939. The van der Waals surface area contributed by atoms with E-state index < -0.39 is 0 Å². The van der Waals surface area contributed by atoms with Crippen LogP contribution >= 0.6 is 0 Å². The monoisotopic (exact) mass is 341 g/mol. The molecule has 0 aliphatic carbocycles. The number of hydrogen-bond donors (Lipinski definition) is 1. The molecular formula is C20H27N3O2. The summed E-state index contributed by atoms with van der Waals surface area (Å²) in [5.74, 6) is 0.450. The minimum Gasteiger partial charge on any atom is -0.496 e. The lowest BCUT2D eigenvalue weighted by Gasteiger charge is -2.26. The van der Waals surface area contributed by atoms with Crippen LogP contribution in [-0.4, -0.2) is 52.7 Å². The summed E-state index contributed by atoms with van der Waals surface area (Å²) in [5.41, 5.74) is 2.86. The van der Waals surface area contributed by atoms with Crippen molar-refractivity contribution >= 4 is 11.6 Å². The Morgan fingerprint density at radius 2 is 1.68 bits per heavy atom. The number of amides is 1. The Balaban J connectivity index is 2.10. The highest BCUT2D eigenvalue weighted by molar-refractivity contribution is 5.96. The molecule has 5 nitrogen and oxygen atoms in total. The number of rotatable bonds is 7. The van der Waals surface area contributed by atoms with E-state index in [1.54, 1.807) is 19.2 Å². The Morgan fingerprint density at radius 3 is 2.24 bits per heavy atom. The molecule has 0 unspecified atom stereocenters. The summed E-state index contributed by atoms with van der Waals surface area (Å²) in [4.78, 5) is 16.7. The second-order valence-electron chi connectivity index (χ2n) is 6.38. The molecule has 0 aliphatic heterocycles. The maximum Gasteiger partial charge on any atom is 0.255 e. The van der Waals surface area contributed by atoms with Gasteiger partial charge in [0, 0.05) is 26.3 Å². The number of ether oxygens (including phenoxy) is 1. The number of para-hydroxylation sites is 1. The van der Waals surface area contributed by atoms with E-state index in [0.29, 0.717) is 17.9 Å². The van der Waals surface area contributed by atoms with Crippen LogP contribution in [0.2, 0.25) is 0 Å². The van der Waals surface area contributed by atoms with Crippen molar-refractivity contribution in [1.29, 1.82) is 0 Å². The Morgan fingerprint density at radius 1 is 1.04 bits per heavy atom. The van der Waals surface area contributed by atoms with Gasteiger partial charge < -0.3 is 19.9 Å². The van der Waals surface area contributed by atoms with E-state index in [-0.39, 0.29) is 11.9 Å². The second kappa shape index (κ2) is 8.53. The number of likely N-dealkylation sites (N-methyl/N-ethyl adjacent to an activating group) is 1. The van der Waals surface area contributed by atoms with Crippen molar-refractivity contribution in [1.82, 2.24) is 10.2 Å². The molecule has 0 heterocycles. The van der Waals surface area contributed by atoms with Crippen LogP contribution in [0.3, 0.4) is 0 Å². The lowest BCUT2D eigenvalue weighted by atomic mass is 10.0. The number of carbonyl (C=O) groups excluding carboxylic acids is 1. The summed E-state index contributed by atoms with van der Waals surface area (Å²) in [5, 5.41) is 3.02. The first kappa shape index (κ1) is 18.8. The maximum absolute atomic E-state index is 12.5. The summed E-state index contributed by atoms with van der Waals surface area (Å²) < 4.78 is 5.27. The van der Waals surface area contributed by atoms with Gasteiger partial charge in [-0.15, -0.1) is 0 Å². The van der Waals surface area contributed by atoms with Crippen LogP contribution in [0, 0.1) is 0 Å². The SMILES string of the molecule is COc1ccccc1C(=O)NC[C@H](c1ccc(N(C)C)cc1)N(C)C. The number of hydrogen-bond acceptors (Lipinski definition) is 4. The zero-order valence-electron chi connectivity index (χ0n) is 15.6. The number of anilines is 1. The van der Waals surface area contributed by atoms with Gasteiger partial charge in [0.15, 0.2) is 0 Å². The third kappa shape index (κ3) is 4.73. The summed E-state index contributed by atoms with van der Waals surface area (Å²) in [6, 6.07) is 15.7. The molecule has 2 rings (SSSR count). The highest BCUT2D eigenvalue weighted by Crippen LogP contribution is 2.22. The van der Waals surface area contributed by atoms with E-state index in [1.807, 2.05) is 40.3 Å². The first-order valence-electron chi connectivity index (χ1n) is 8.29. The molecule has 1 N–H and O–H groups in total. The molecule has 2 aromatic carbocycles. The normalized spacial score (nSPS) is 11.9. The molecule has 0 bridgehead atoms. The predicted molar refractivity (Wildman–Crippen MR) is 103 cm³/mol. The fourth-order valence-corrected chi connectivity index (χ4v) is 2.71. The van der Waals surface area contributed by atoms with Crippen molar-refractivity contribution in [3.63, 3.8) is 0 Å². The first-order chi connectivity index (χ1) is 11.9. The van der Waals surface area contributed by atoms with Gasteiger partial charge in [0.2, 0.25) is 0 Å². The Labute approximate surface area is 150 Å². The van der Waals surface area contributed by atoms with Gasteiger partial charge in [0.05, 0.1) is 18.7 Å². The zero-order valence-corrected chi connectivity index (χ0v) is 15.6. The van der Waals surface area contributed by atoms with E-state index in [0.717, 1.165) is 11.3 Å². The van der Waals surface area contributed by atoms with E-state index in [9.17, 15) is 4.79 Å². The number of carbonyl (C=O) groups is 1. The highest BCUT2D eigenvalue weighted by Gasteiger charge is 2.17. The Hall–Kier alpha value is -2.53. The molecule has 5 heteroatoms. The van der Waals surface area contributed by atoms with Crippen LogP contribution in [-0.2, 0) is 0 Å². The van der Waals surface area contributed by atoms with Gasteiger partial charge in [-0.05, 0) is 43.9 Å². The van der Waals surface area contributed by atoms with E-state index in [2.05, 4.69) is 39.4 Å². The molecule has 0 saturated heterocycles. The fraction of sp³-hybridized carbons (Fsp3) is 0.350. The third-order valence-electron chi connectivity index (χ3n) is 4.23. The summed E-state index contributed by atoms with van der Waals surface area (Å²) >= 11 is 0. The summed E-state index contributed by atoms with van der Waals surface area (Å²) in [6.07, 6.45) is 0. The number of nitrogens with one attached hydrogen (secondary N) is 1. The molecule has 0 spiro atoms. The molecule has 25 heavy (non-hydrogen) atoms. The third-order valence-corrected chi connectivity index (χ3v) is 4.23. The van der Waals surface area contributed by atoms with Gasteiger partial charge in [0.1, 0.15) is 5.75 Å². The molecule has 0 aliphatic rings. The van der Waals surface area contributed by atoms with E-state index >= 15 is 0 Å². The molecule has 1 amide bonds. The molecule has 0 radical (unpaired) electrons. The van der Waals surface area contributed by atoms with Crippen LogP contribution in [0.25, 0.3) is 0 Å². The Bertz CT molecular complexity index is 696. The second-order valence-corrected chi connectivity index (χ2v) is 6.38. The zero-order chi connectivity index (χ0) is 18.4. The average Bonchev–Trinajstić information content (AvgIpc) is 2.61. The van der Waals surface area contributed by atoms with Crippen molar-refractivity contribution < 1.29 is 9.53 Å². The minimum atomic E-state index is -0.130. The van der Waals surface area contributed by atoms with Crippen LogP contribution in [0.4, 0.5) is 5.69 Å². The van der Waals surface area contributed by atoms with Crippen LogP contribution in [0.15, 0.2) is 48.5 Å². The molecule has 134 valence electrons. The largest absolute Gasteiger partial charge is 0.496 e. The highest BCUT2D eigenvalue weighted by atomic mass is 16.5. The summed E-state index contributed by atoms with van der Waals surface area (Å²) in [6.45, 7) is 0.519. The maximum atomic E-state index is 12.5. The van der Waals surface area contributed by atoms with Crippen molar-refractivity contribution in [3.05, 3.63) is 59.7 Å². The topological polar surface area (TPSA) is 44.8 Å². The minimum absolute atomic E-state index is 0.0925. The molecule has 0 fully saturated rings. The van der Waals surface area contributed by atoms with E-state index in [1.165, 1.54) is 0 Å². The van der Waals surface area contributed by atoms with Crippen LogP contribution < -0.4 is 15.0 Å². The van der Waals surface area contributed by atoms with Gasteiger partial charge >= 0.3 is 0 Å². The predicted octanol–water partition coefficient (Wildman–Crippen LogP) is 2.79. The Kier molecular flexibility index (Phi) is 6.42. The number of methoxy groups -OCH3 is 1. The molecule has 2 aromatic rings. The number of benzene rings is 2.